The Bertz CT molecular complexity index is 726. The van der Waals surface area contributed by atoms with Crippen LogP contribution in [0.3, 0.4) is 0 Å². The van der Waals surface area contributed by atoms with Crippen LogP contribution in [0, 0.1) is 0 Å². The van der Waals surface area contributed by atoms with Crippen LogP contribution in [0.15, 0.2) is 42.0 Å². The maximum absolute atomic E-state index is 12.5. The van der Waals surface area contributed by atoms with Crippen LogP contribution >= 0.6 is 11.3 Å². The fourth-order valence-corrected chi connectivity index (χ4v) is 3.08. The number of hydrogen-bond acceptors (Lipinski definition) is 3. The predicted octanol–water partition coefficient (Wildman–Crippen LogP) is 3.74. The van der Waals surface area contributed by atoms with Crippen molar-refractivity contribution in [3.8, 4) is 0 Å². The Morgan fingerprint density at radius 3 is 3.05 bits per heavy atom. The van der Waals surface area contributed by atoms with E-state index < -0.39 is 0 Å². The van der Waals surface area contributed by atoms with Crippen LogP contribution < -0.4 is 0 Å². The highest BCUT2D eigenvalue weighted by Gasteiger charge is 2.15. The maximum atomic E-state index is 12.5. The second-order valence-corrected chi connectivity index (χ2v) is 5.38. The van der Waals surface area contributed by atoms with Crippen LogP contribution in [-0.4, -0.2) is 15.6 Å². The molecule has 1 aromatic carbocycles. The molecule has 4 heteroatoms. The molecule has 19 heavy (non-hydrogen) atoms. The molecule has 0 aliphatic rings. The summed E-state index contributed by atoms with van der Waals surface area (Å²) in [4.78, 5) is 12.5. The number of hydrogen-bond donors (Lipinski definition) is 0. The highest BCUT2D eigenvalue weighted by molar-refractivity contribution is 7.17. The molecular weight excluding hydrogens is 256 g/mol. The number of rotatable bonds is 4. The molecule has 3 aromatic rings. The van der Waals surface area contributed by atoms with Gasteiger partial charge < -0.3 is 0 Å². The Hall–Kier alpha value is -1.94. The molecule has 0 saturated heterocycles. The van der Waals surface area contributed by atoms with E-state index in [1.807, 2.05) is 40.5 Å². The number of ketones is 1. The Morgan fingerprint density at radius 2 is 2.21 bits per heavy atom. The van der Waals surface area contributed by atoms with Gasteiger partial charge in [-0.1, -0.05) is 25.1 Å². The standard InChI is InChI=1S/C15H14N2OS/c1-2-7-17-9-11(8-16-17)15(18)13-10-19-14-6-4-3-5-12(13)14/h3-6,8-10H,2,7H2,1H3. The Labute approximate surface area is 115 Å². The van der Waals surface area contributed by atoms with Crippen LogP contribution in [0.5, 0.6) is 0 Å². The van der Waals surface area contributed by atoms with Gasteiger partial charge in [0, 0.05) is 33.8 Å². The van der Waals surface area contributed by atoms with E-state index in [1.165, 1.54) is 0 Å². The first-order chi connectivity index (χ1) is 9.29. The summed E-state index contributed by atoms with van der Waals surface area (Å²) in [7, 11) is 0. The minimum absolute atomic E-state index is 0.0554. The van der Waals surface area contributed by atoms with E-state index in [2.05, 4.69) is 12.0 Å². The lowest BCUT2D eigenvalue weighted by molar-refractivity contribution is 0.104. The summed E-state index contributed by atoms with van der Waals surface area (Å²) in [5, 5.41) is 7.18. The molecule has 0 spiro atoms. The molecule has 0 unspecified atom stereocenters. The molecule has 2 heterocycles. The normalized spacial score (nSPS) is 11.0. The fraction of sp³-hybridized carbons (Fsp3) is 0.200. The first-order valence-electron chi connectivity index (χ1n) is 6.33. The van der Waals surface area contributed by atoms with Gasteiger partial charge in [0.2, 0.25) is 0 Å². The van der Waals surface area contributed by atoms with Crippen molar-refractivity contribution in [2.24, 2.45) is 0 Å². The third-order valence-electron chi connectivity index (χ3n) is 3.07. The monoisotopic (exact) mass is 270 g/mol. The topological polar surface area (TPSA) is 34.9 Å². The largest absolute Gasteiger partial charge is 0.288 e. The lowest BCUT2D eigenvalue weighted by Gasteiger charge is -1.97. The van der Waals surface area contributed by atoms with Crippen molar-refractivity contribution in [1.29, 1.82) is 0 Å². The van der Waals surface area contributed by atoms with Crippen molar-refractivity contribution in [3.05, 3.63) is 53.2 Å². The number of thiophene rings is 1. The van der Waals surface area contributed by atoms with E-state index in [1.54, 1.807) is 17.5 Å². The average Bonchev–Trinajstić information content (AvgIpc) is 3.05. The van der Waals surface area contributed by atoms with Gasteiger partial charge in [0.05, 0.1) is 11.8 Å². The Kier molecular flexibility index (Phi) is 3.17. The molecule has 2 aromatic heterocycles. The Balaban J connectivity index is 1.98. The van der Waals surface area contributed by atoms with Crippen LogP contribution in [-0.2, 0) is 6.54 Å². The van der Waals surface area contributed by atoms with E-state index in [0.717, 1.165) is 28.6 Å². The molecule has 96 valence electrons. The van der Waals surface area contributed by atoms with Gasteiger partial charge in [0.1, 0.15) is 0 Å². The molecular formula is C15H14N2OS. The lowest BCUT2D eigenvalue weighted by Crippen LogP contribution is -1.99. The minimum Gasteiger partial charge on any atom is -0.288 e. The number of aromatic nitrogens is 2. The summed E-state index contributed by atoms with van der Waals surface area (Å²) in [5.74, 6) is 0.0554. The maximum Gasteiger partial charge on any atom is 0.197 e. The van der Waals surface area contributed by atoms with E-state index in [9.17, 15) is 4.79 Å². The SMILES string of the molecule is CCCn1cc(C(=O)c2csc3ccccc23)cn1. The summed E-state index contributed by atoms with van der Waals surface area (Å²) < 4.78 is 2.97. The minimum atomic E-state index is 0.0554. The highest BCUT2D eigenvalue weighted by atomic mass is 32.1. The number of fused-ring (bicyclic) bond motifs is 1. The first kappa shape index (κ1) is 12.1. The highest BCUT2D eigenvalue weighted by Crippen LogP contribution is 2.27. The molecule has 0 radical (unpaired) electrons. The van der Waals surface area contributed by atoms with Gasteiger partial charge in [0.25, 0.3) is 0 Å². The number of nitrogens with zero attached hydrogens (tertiary/aromatic N) is 2. The zero-order valence-corrected chi connectivity index (χ0v) is 11.5. The summed E-state index contributed by atoms with van der Waals surface area (Å²) in [5.41, 5.74) is 1.44. The molecule has 0 fully saturated rings. The Morgan fingerprint density at radius 1 is 1.37 bits per heavy atom. The first-order valence-corrected chi connectivity index (χ1v) is 7.21. The van der Waals surface area contributed by atoms with E-state index in [0.29, 0.717) is 5.56 Å². The van der Waals surface area contributed by atoms with Crippen LogP contribution in [0.1, 0.15) is 29.3 Å². The van der Waals surface area contributed by atoms with Crippen LogP contribution in [0.25, 0.3) is 10.1 Å². The fourth-order valence-electron chi connectivity index (χ4n) is 2.14. The zero-order chi connectivity index (χ0) is 13.2. The summed E-state index contributed by atoms with van der Waals surface area (Å²) in [6, 6.07) is 7.99. The average molecular weight is 270 g/mol. The number of carbonyl (C=O) groups is 1. The molecule has 0 saturated carbocycles. The molecule has 3 nitrogen and oxygen atoms in total. The van der Waals surface area contributed by atoms with E-state index >= 15 is 0 Å². The van der Waals surface area contributed by atoms with Gasteiger partial charge >= 0.3 is 0 Å². The molecule has 3 rings (SSSR count). The van der Waals surface area contributed by atoms with Gasteiger partial charge in [-0.2, -0.15) is 5.10 Å². The van der Waals surface area contributed by atoms with Gasteiger partial charge in [-0.25, -0.2) is 0 Å². The number of benzene rings is 1. The van der Waals surface area contributed by atoms with Crippen molar-refractivity contribution in [1.82, 2.24) is 9.78 Å². The molecule has 0 bridgehead atoms. The van der Waals surface area contributed by atoms with Crippen LogP contribution in [0.4, 0.5) is 0 Å². The number of carbonyl (C=O) groups excluding carboxylic acids is 1. The van der Waals surface area contributed by atoms with E-state index in [-0.39, 0.29) is 5.78 Å². The van der Waals surface area contributed by atoms with Crippen molar-refractivity contribution in [3.63, 3.8) is 0 Å². The van der Waals surface area contributed by atoms with Crippen LogP contribution in [0.2, 0.25) is 0 Å². The molecule has 0 amide bonds. The van der Waals surface area contributed by atoms with Crippen molar-refractivity contribution in [2.75, 3.05) is 0 Å². The molecule has 0 aliphatic heterocycles. The third-order valence-corrected chi connectivity index (χ3v) is 4.04. The van der Waals surface area contributed by atoms with E-state index in [4.69, 9.17) is 0 Å². The predicted molar refractivity (Wildman–Crippen MR) is 77.8 cm³/mol. The number of aryl methyl sites for hydroxylation is 1. The molecule has 0 atom stereocenters. The quantitative estimate of drug-likeness (QED) is 0.677. The molecule has 0 N–H and O–H groups in total. The summed E-state index contributed by atoms with van der Waals surface area (Å²) in [6.07, 6.45) is 4.50. The van der Waals surface area contributed by atoms with Crippen molar-refractivity contribution in [2.45, 2.75) is 19.9 Å². The smallest absolute Gasteiger partial charge is 0.197 e. The lowest BCUT2D eigenvalue weighted by atomic mass is 10.1. The van der Waals surface area contributed by atoms with Gasteiger partial charge in [-0.05, 0) is 12.5 Å². The summed E-state index contributed by atoms with van der Waals surface area (Å²) >= 11 is 1.61. The van der Waals surface area contributed by atoms with Crippen molar-refractivity contribution < 1.29 is 4.79 Å². The summed E-state index contributed by atoms with van der Waals surface area (Å²) in [6.45, 7) is 2.94. The third kappa shape index (κ3) is 2.19. The zero-order valence-electron chi connectivity index (χ0n) is 10.7. The van der Waals surface area contributed by atoms with Crippen molar-refractivity contribution >= 4 is 27.2 Å². The van der Waals surface area contributed by atoms with Gasteiger partial charge in [-0.15, -0.1) is 11.3 Å². The second kappa shape index (κ2) is 4.97. The molecule has 0 aliphatic carbocycles. The van der Waals surface area contributed by atoms with Gasteiger partial charge in [0.15, 0.2) is 5.78 Å². The van der Waals surface area contributed by atoms with Gasteiger partial charge in [-0.3, -0.25) is 9.48 Å². The second-order valence-electron chi connectivity index (χ2n) is 4.47.